The Hall–Kier alpha value is -0.770. The molecule has 14 heavy (non-hydrogen) atoms. The summed E-state index contributed by atoms with van der Waals surface area (Å²) < 4.78 is 0. The van der Waals surface area contributed by atoms with Crippen LogP contribution in [0.5, 0.6) is 0 Å². The molecule has 4 nitrogen and oxygen atoms in total. The molecule has 0 atom stereocenters. The number of aliphatic hydroxyl groups is 1. The molecule has 0 bridgehead atoms. The minimum Gasteiger partial charge on any atom is -0.396 e. The maximum atomic E-state index is 9.41. The summed E-state index contributed by atoms with van der Waals surface area (Å²) in [6, 6.07) is 0. The molecule has 0 aromatic rings. The standard InChI is InChI=1S/C10H21N3O/c1-12-9(11)13-7-10(8-14)5-3-2-4-6-10/h14H,2-8H2,1H3,(H3,11,12,13). The molecule has 1 rings (SSSR count). The Morgan fingerprint density at radius 3 is 2.57 bits per heavy atom. The summed E-state index contributed by atoms with van der Waals surface area (Å²) in [5.74, 6) is 0.461. The van der Waals surface area contributed by atoms with E-state index in [1.165, 1.54) is 19.3 Å². The molecule has 1 aliphatic rings. The fourth-order valence-electron chi connectivity index (χ4n) is 2.05. The summed E-state index contributed by atoms with van der Waals surface area (Å²) in [7, 11) is 1.66. The molecule has 0 amide bonds. The van der Waals surface area contributed by atoms with Crippen molar-refractivity contribution in [2.75, 3.05) is 20.2 Å². The normalized spacial score (nSPS) is 22.0. The number of hydrogen-bond acceptors (Lipinski definition) is 2. The molecule has 0 heterocycles. The van der Waals surface area contributed by atoms with Gasteiger partial charge in [-0.1, -0.05) is 19.3 Å². The van der Waals surface area contributed by atoms with Gasteiger partial charge in [-0.15, -0.1) is 0 Å². The molecule has 0 saturated heterocycles. The van der Waals surface area contributed by atoms with Crippen molar-refractivity contribution >= 4 is 5.96 Å². The number of nitrogens with one attached hydrogen (secondary N) is 1. The van der Waals surface area contributed by atoms with Crippen molar-refractivity contribution in [3.05, 3.63) is 0 Å². The lowest BCUT2D eigenvalue weighted by atomic mass is 9.74. The molecule has 1 saturated carbocycles. The number of guanidine groups is 1. The molecule has 1 aliphatic carbocycles. The fourth-order valence-corrected chi connectivity index (χ4v) is 2.05. The molecule has 0 unspecified atom stereocenters. The van der Waals surface area contributed by atoms with E-state index >= 15 is 0 Å². The van der Waals surface area contributed by atoms with Crippen LogP contribution >= 0.6 is 0 Å². The van der Waals surface area contributed by atoms with E-state index in [-0.39, 0.29) is 12.0 Å². The van der Waals surface area contributed by atoms with E-state index in [0.717, 1.165) is 19.4 Å². The van der Waals surface area contributed by atoms with Gasteiger partial charge >= 0.3 is 0 Å². The molecule has 0 spiro atoms. The Morgan fingerprint density at radius 2 is 2.07 bits per heavy atom. The number of nitrogens with two attached hydrogens (primary N) is 1. The van der Waals surface area contributed by atoms with Crippen LogP contribution in [0.4, 0.5) is 0 Å². The zero-order chi connectivity index (χ0) is 10.4. The Morgan fingerprint density at radius 1 is 1.43 bits per heavy atom. The predicted molar refractivity (Wildman–Crippen MR) is 58.2 cm³/mol. The molecule has 0 radical (unpaired) electrons. The number of hydrogen-bond donors (Lipinski definition) is 3. The average Bonchev–Trinajstić information content (AvgIpc) is 2.27. The monoisotopic (exact) mass is 199 g/mol. The highest BCUT2D eigenvalue weighted by Gasteiger charge is 2.31. The Balaban J connectivity index is 2.44. The van der Waals surface area contributed by atoms with Gasteiger partial charge in [-0.25, -0.2) is 0 Å². The third-order valence-electron chi connectivity index (χ3n) is 3.14. The van der Waals surface area contributed by atoms with E-state index in [0.29, 0.717) is 5.96 Å². The summed E-state index contributed by atoms with van der Waals surface area (Å²) in [6.45, 7) is 0.990. The lowest BCUT2D eigenvalue weighted by Crippen LogP contribution is -2.44. The minimum atomic E-state index is 0.0353. The van der Waals surface area contributed by atoms with Crippen molar-refractivity contribution in [3.63, 3.8) is 0 Å². The average molecular weight is 199 g/mol. The van der Waals surface area contributed by atoms with Crippen molar-refractivity contribution in [2.45, 2.75) is 32.1 Å². The molecular weight excluding hydrogens is 178 g/mol. The first-order valence-corrected chi connectivity index (χ1v) is 5.29. The van der Waals surface area contributed by atoms with Crippen LogP contribution in [0.15, 0.2) is 4.99 Å². The zero-order valence-corrected chi connectivity index (χ0v) is 8.92. The number of rotatable bonds is 3. The second-order valence-electron chi connectivity index (χ2n) is 4.18. The van der Waals surface area contributed by atoms with Crippen LogP contribution in [0.3, 0.4) is 0 Å². The van der Waals surface area contributed by atoms with Crippen LogP contribution in [0.1, 0.15) is 32.1 Å². The number of aliphatic imine (C=N–C) groups is 1. The lowest BCUT2D eigenvalue weighted by Gasteiger charge is -2.35. The van der Waals surface area contributed by atoms with Gasteiger partial charge in [-0.3, -0.25) is 4.99 Å². The van der Waals surface area contributed by atoms with E-state index in [1.807, 2.05) is 0 Å². The van der Waals surface area contributed by atoms with Crippen molar-refractivity contribution in [1.82, 2.24) is 5.32 Å². The smallest absolute Gasteiger partial charge is 0.188 e. The van der Waals surface area contributed by atoms with Gasteiger partial charge in [0.05, 0.1) is 6.61 Å². The van der Waals surface area contributed by atoms with Gasteiger partial charge < -0.3 is 16.2 Å². The van der Waals surface area contributed by atoms with E-state index in [1.54, 1.807) is 7.05 Å². The molecular formula is C10H21N3O. The fraction of sp³-hybridized carbons (Fsp3) is 0.900. The highest BCUT2D eigenvalue weighted by atomic mass is 16.3. The van der Waals surface area contributed by atoms with Gasteiger partial charge in [-0.05, 0) is 12.8 Å². The molecule has 0 aromatic heterocycles. The summed E-state index contributed by atoms with van der Waals surface area (Å²) in [4.78, 5) is 3.84. The van der Waals surface area contributed by atoms with E-state index in [9.17, 15) is 5.11 Å². The van der Waals surface area contributed by atoms with Crippen molar-refractivity contribution < 1.29 is 5.11 Å². The molecule has 1 fully saturated rings. The number of aliphatic hydroxyl groups excluding tert-OH is 1. The molecule has 4 N–H and O–H groups in total. The molecule has 4 heteroatoms. The SMILES string of the molecule is CN=C(N)NCC1(CO)CCCCC1. The van der Waals surface area contributed by atoms with Crippen LogP contribution in [-0.2, 0) is 0 Å². The number of nitrogens with zero attached hydrogens (tertiary/aromatic N) is 1. The van der Waals surface area contributed by atoms with Gasteiger partial charge in [0, 0.05) is 19.0 Å². The molecule has 0 aromatic carbocycles. The predicted octanol–water partition coefficient (Wildman–Crippen LogP) is 0.463. The quantitative estimate of drug-likeness (QED) is 0.457. The summed E-state index contributed by atoms with van der Waals surface area (Å²) in [6.07, 6.45) is 5.90. The van der Waals surface area contributed by atoms with Gasteiger partial charge in [0.25, 0.3) is 0 Å². The first-order chi connectivity index (χ1) is 6.72. The Kier molecular flexibility index (Phi) is 4.20. The second kappa shape index (κ2) is 5.20. The maximum absolute atomic E-state index is 9.41. The first-order valence-electron chi connectivity index (χ1n) is 5.29. The second-order valence-corrected chi connectivity index (χ2v) is 4.18. The van der Waals surface area contributed by atoms with Crippen LogP contribution in [0.25, 0.3) is 0 Å². The largest absolute Gasteiger partial charge is 0.396 e. The summed E-state index contributed by atoms with van der Waals surface area (Å²) >= 11 is 0. The lowest BCUT2D eigenvalue weighted by molar-refractivity contribution is 0.0859. The van der Waals surface area contributed by atoms with Crippen LogP contribution < -0.4 is 11.1 Å². The van der Waals surface area contributed by atoms with Gasteiger partial charge in [0.15, 0.2) is 5.96 Å². The van der Waals surface area contributed by atoms with Crippen molar-refractivity contribution in [2.24, 2.45) is 16.1 Å². The highest BCUT2D eigenvalue weighted by molar-refractivity contribution is 5.77. The van der Waals surface area contributed by atoms with Crippen LogP contribution in [0.2, 0.25) is 0 Å². The van der Waals surface area contributed by atoms with Crippen molar-refractivity contribution in [1.29, 1.82) is 0 Å². The summed E-state index contributed by atoms with van der Waals surface area (Å²) in [5.41, 5.74) is 5.60. The Bertz CT molecular complexity index is 198. The van der Waals surface area contributed by atoms with Crippen LogP contribution in [0, 0.1) is 5.41 Å². The van der Waals surface area contributed by atoms with Crippen LogP contribution in [-0.4, -0.2) is 31.3 Å². The van der Waals surface area contributed by atoms with E-state index in [2.05, 4.69) is 10.3 Å². The molecule has 0 aliphatic heterocycles. The van der Waals surface area contributed by atoms with E-state index in [4.69, 9.17) is 5.73 Å². The molecule has 82 valence electrons. The summed E-state index contributed by atoms with van der Waals surface area (Å²) in [5, 5.41) is 12.5. The first kappa shape index (κ1) is 11.3. The zero-order valence-electron chi connectivity index (χ0n) is 8.92. The van der Waals surface area contributed by atoms with Crippen molar-refractivity contribution in [3.8, 4) is 0 Å². The van der Waals surface area contributed by atoms with E-state index < -0.39 is 0 Å². The Labute approximate surface area is 85.6 Å². The van der Waals surface area contributed by atoms with Gasteiger partial charge in [-0.2, -0.15) is 0 Å². The topological polar surface area (TPSA) is 70.6 Å². The van der Waals surface area contributed by atoms with Gasteiger partial charge in [0.2, 0.25) is 0 Å². The third-order valence-corrected chi connectivity index (χ3v) is 3.14. The third kappa shape index (κ3) is 2.87. The highest BCUT2D eigenvalue weighted by Crippen LogP contribution is 2.34. The van der Waals surface area contributed by atoms with Gasteiger partial charge in [0.1, 0.15) is 0 Å². The maximum Gasteiger partial charge on any atom is 0.188 e. The minimum absolute atomic E-state index is 0.0353.